The van der Waals surface area contributed by atoms with E-state index in [1.807, 2.05) is 11.8 Å². The van der Waals surface area contributed by atoms with Crippen LogP contribution in [0.5, 0.6) is 0 Å². The van der Waals surface area contributed by atoms with Crippen molar-refractivity contribution < 1.29 is 5.11 Å². The van der Waals surface area contributed by atoms with Crippen LogP contribution < -0.4 is 0 Å². The first-order chi connectivity index (χ1) is 6.74. The molecule has 0 aromatic carbocycles. The summed E-state index contributed by atoms with van der Waals surface area (Å²) in [6.07, 6.45) is 4.22. The maximum atomic E-state index is 9.38. The fourth-order valence-electron chi connectivity index (χ4n) is 1.69. The first-order valence-corrected chi connectivity index (χ1v) is 7.33. The van der Waals surface area contributed by atoms with E-state index in [1.165, 1.54) is 8.00 Å². The average Bonchev–Trinajstić information content (AvgIpc) is 2.56. The van der Waals surface area contributed by atoms with Gasteiger partial charge in [-0.05, 0) is 53.7 Å². The van der Waals surface area contributed by atoms with Crippen LogP contribution in [0.25, 0.3) is 0 Å². The van der Waals surface area contributed by atoms with Crippen molar-refractivity contribution in [3.8, 4) is 0 Å². The van der Waals surface area contributed by atoms with Crippen LogP contribution in [0.1, 0.15) is 25.7 Å². The topological polar surface area (TPSA) is 20.2 Å². The second-order valence-corrected chi connectivity index (χ2v) is 7.67. The van der Waals surface area contributed by atoms with Gasteiger partial charge in [0.25, 0.3) is 0 Å². The van der Waals surface area contributed by atoms with Crippen LogP contribution in [-0.2, 0) is 0 Å². The first-order valence-electron chi connectivity index (χ1n) is 4.84. The van der Waals surface area contributed by atoms with E-state index >= 15 is 0 Å². The van der Waals surface area contributed by atoms with Crippen molar-refractivity contribution in [1.29, 1.82) is 0 Å². The summed E-state index contributed by atoms with van der Waals surface area (Å²) < 4.78 is 2.59. The van der Waals surface area contributed by atoms with E-state index in [2.05, 4.69) is 28.1 Å². The predicted octanol–water partition coefficient (Wildman–Crippen LogP) is 3.91. The fraction of sp³-hybridized carbons (Fsp3) is 0.600. The van der Waals surface area contributed by atoms with Crippen LogP contribution in [0.2, 0.25) is 0 Å². The Kier molecular flexibility index (Phi) is 3.93. The number of aliphatic hydroxyl groups excluding tert-OH is 1. The lowest BCUT2D eigenvalue weighted by Gasteiger charge is -2.24. The molecule has 1 heterocycles. The third kappa shape index (κ3) is 2.99. The highest BCUT2D eigenvalue weighted by Crippen LogP contribution is 2.38. The van der Waals surface area contributed by atoms with Crippen molar-refractivity contribution in [2.45, 2.75) is 41.2 Å². The Labute approximate surface area is 101 Å². The highest BCUT2D eigenvalue weighted by molar-refractivity contribution is 9.11. The largest absolute Gasteiger partial charge is 0.393 e. The van der Waals surface area contributed by atoms with Gasteiger partial charge in [-0.1, -0.05) is 0 Å². The number of thioether (sulfide) groups is 1. The quantitative estimate of drug-likeness (QED) is 0.892. The summed E-state index contributed by atoms with van der Waals surface area (Å²) in [5, 5.41) is 10.1. The Balaban J connectivity index is 1.86. The molecule has 14 heavy (non-hydrogen) atoms. The van der Waals surface area contributed by atoms with Crippen molar-refractivity contribution in [2.24, 2.45) is 0 Å². The molecule has 0 radical (unpaired) electrons. The van der Waals surface area contributed by atoms with Crippen molar-refractivity contribution in [3.05, 3.63) is 15.9 Å². The molecule has 0 atom stereocenters. The number of halogens is 1. The molecule has 0 aliphatic heterocycles. The number of aliphatic hydroxyl groups is 1. The van der Waals surface area contributed by atoms with E-state index < -0.39 is 0 Å². The van der Waals surface area contributed by atoms with E-state index in [0.717, 1.165) is 25.7 Å². The lowest BCUT2D eigenvalue weighted by molar-refractivity contribution is 0.132. The summed E-state index contributed by atoms with van der Waals surface area (Å²) in [5.74, 6) is 0. The molecule has 1 aliphatic carbocycles. The molecule has 2 rings (SSSR count). The fourth-order valence-corrected chi connectivity index (χ4v) is 4.98. The van der Waals surface area contributed by atoms with Crippen LogP contribution in [0.3, 0.4) is 0 Å². The monoisotopic (exact) mass is 292 g/mol. The zero-order valence-corrected chi connectivity index (χ0v) is 11.0. The van der Waals surface area contributed by atoms with Gasteiger partial charge in [0.05, 0.1) is 14.1 Å². The molecule has 1 fully saturated rings. The molecule has 1 aliphatic rings. The third-order valence-corrected chi connectivity index (χ3v) is 5.61. The summed E-state index contributed by atoms with van der Waals surface area (Å²) in [6, 6.07) is 4.27. The second kappa shape index (κ2) is 5.01. The lowest BCUT2D eigenvalue weighted by Crippen LogP contribution is -2.19. The minimum absolute atomic E-state index is 0.0399. The Bertz CT molecular complexity index is 292. The summed E-state index contributed by atoms with van der Waals surface area (Å²) in [6.45, 7) is 0. The lowest BCUT2D eigenvalue weighted by atomic mass is 9.97. The van der Waals surface area contributed by atoms with Crippen LogP contribution >= 0.6 is 39.0 Å². The molecular formula is C10H13BrOS2. The number of rotatable bonds is 2. The molecule has 78 valence electrons. The standard InChI is InChI=1S/C10H13BrOS2/c11-9-5-6-10(14-9)13-8-3-1-7(12)2-4-8/h5-8,12H,1-4H2. The summed E-state index contributed by atoms with van der Waals surface area (Å²) in [4.78, 5) is 0. The van der Waals surface area contributed by atoms with Gasteiger partial charge >= 0.3 is 0 Å². The van der Waals surface area contributed by atoms with Gasteiger partial charge in [-0.25, -0.2) is 0 Å². The van der Waals surface area contributed by atoms with Gasteiger partial charge in [0.15, 0.2) is 0 Å². The minimum Gasteiger partial charge on any atom is -0.393 e. The molecule has 1 nitrogen and oxygen atoms in total. The minimum atomic E-state index is -0.0399. The van der Waals surface area contributed by atoms with Gasteiger partial charge < -0.3 is 5.11 Å². The van der Waals surface area contributed by atoms with E-state index in [0.29, 0.717) is 5.25 Å². The predicted molar refractivity (Wildman–Crippen MR) is 66.1 cm³/mol. The van der Waals surface area contributed by atoms with E-state index in [1.54, 1.807) is 11.3 Å². The van der Waals surface area contributed by atoms with Crippen molar-refractivity contribution >= 4 is 39.0 Å². The SMILES string of the molecule is OC1CCC(Sc2ccc(Br)s2)CC1. The molecule has 1 N–H and O–H groups in total. The summed E-state index contributed by atoms with van der Waals surface area (Å²) in [5.41, 5.74) is 0. The number of thiophene rings is 1. The zero-order chi connectivity index (χ0) is 9.97. The Morgan fingerprint density at radius 1 is 1.29 bits per heavy atom. The molecule has 1 aromatic heterocycles. The van der Waals surface area contributed by atoms with Crippen molar-refractivity contribution in [3.63, 3.8) is 0 Å². The number of hydrogen-bond donors (Lipinski definition) is 1. The maximum absolute atomic E-state index is 9.38. The van der Waals surface area contributed by atoms with Gasteiger partial charge in [0.1, 0.15) is 0 Å². The highest BCUT2D eigenvalue weighted by Gasteiger charge is 2.20. The van der Waals surface area contributed by atoms with Gasteiger partial charge in [-0.15, -0.1) is 23.1 Å². The van der Waals surface area contributed by atoms with E-state index in [-0.39, 0.29) is 6.10 Å². The normalized spacial score (nSPS) is 27.9. The zero-order valence-electron chi connectivity index (χ0n) is 7.78. The molecule has 0 amide bonds. The van der Waals surface area contributed by atoms with Crippen molar-refractivity contribution in [1.82, 2.24) is 0 Å². The van der Waals surface area contributed by atoms with Crippen LogP contribution in [0, 0.1) is 0 Å². The summed E-state index contributed by atoms with van der Waals surface area (Å²) in [7, 11) is 0. The molecule has 0 bridgehead atoms. The molecule has 1 aromatic rings. The molecule has 1 saturated carbocycles. The van der Waals surface area contributed by atoms with Crippen LogP contribution in [0.4, 0.5) is 0 Å². The molecule has 0 spiro atoms. The van der Waals surface area contributed by atoms with E-state index in [4.69, 9.17) is 0 Å². The first kappa shape index (κ1) is 11.0. The highest BCUT2D eigenvalue weighted by atomic mass is 79.9. The van der Waals surface area contributed by atoms with Crippen LogP contribution in [0.15, 0.2) is 20.1 Å². The molecule has 0 saturated heterocycles. The van der Waals surface area contributed by atoms with Gasteiger partial charge in [0, 0.05) is 5.25 Å². The van der Waals surface area contributed by atoms with E-state index in [9.17, 15) is 5.11 Å². The average molecular weight is 293 g/mol. The number of hydrogen-bond acceptors (Lipinski definition) is 3. The van der Waals surface area contributed by atoms with Crippen molar-refractivity contribution in [2.75, 3.05) is 0 Å². The Morgan fingerprint density at radius 3 is 2.57 bits per heavy atom. The van der Waals surface area contributed by atoms with Gasteiger partial charge in [-0.3, -0.25) is 0 Å². The molecule has 0 unspecified atom stereocenters. The Morgan fingerprint density at radius 2 is 2.00 bits per heavy atom. The Hall–Kier alpha value is 0.490. The molecular weight excluding hydrogens is 280 g/mol. The third-order valence-electron chi connectivity index (χ3n) is 2.48. The summed E-state index contributed by atoms with van der Waals surface area (Å²) >= 11 is 7.24. The molecule has 4 heteroatoms. The second-order valence-electron chi connectivity index (χ2n) is 3.61. The van der Waals surface area contributed by atoms with Gasteiger partial charge in [-0.2, -0.15) is 0 Å². The smallest absolute Gasteiger partial charge is 0.0710 e. The van der Waals surface area contributed by atoms with Gasteiger partial charge in [0.2, 0.25) is 0 Å². The maximum Gasteiger partial charge on any atom is 0.0710 e. The van der Waals surface area contributed by atoms with Crippen LogP contribution in [-0.4, -0.2) is 16.5 Å².